The van der Waals surface area contributed by atoms with Gasteiger partial charge in [0, 0.05) is 210 Å². The van der Waals surface area contributed by atoms with Crippen LogP contribution in [0.5, 0.6) is 11.5 Å². The highest BCUT2D eigenvalue weighted by molar-refractivity contribution is 6.12. The number of hydrogen-bond acceptors (Lipinski definition) is 25. The van der Waals surface area contributed by atoms with Crippen LogP contribution in [-0.2, 0) is 25.4 Å². The number of aryl methyl sites for hydroxylation is 2. The molecule has 34 nitrogen and oxygen atoms in total. The van der Waals surface area contributed by atoms with Gasteiger partial charge in [-0.1, -0.05) is 42.5 Å². The molecule has 3 aromatic carbocycles. The molecule has 0 radical (unpaired) electrons. The summed E-state index contributed by atoms with van der Waals surface area (Å²) in [4.78, 5) is 77.4. The quantitative estimate of drug-likeness (QED) is 0.0700. The van der Waals surface area contributed by atoms with Crippen LogP contribution in [0.2, 0.25) is 0 Å². The molecule has 1 fully saturated rings. The average molecular weight is 1810 g/mol. The zero-order chi connectivity index (χ0) is 94.4. The number of aromatic nitrogens is 24. The lowest BCUT2D eigenvalue weighted by atomic mass is 10.0. The van der Waals surface area contributed by atoms with Crippen molar-refractivity contribution in [2.75, 3.05) is 47.1 Å². The Morgan fingerprint density at radius 3 is 1.05 bits per heavy atom. The molecule has 0 aliphatic carbocycles. The van der Waals surface area contributed by atoms with Crippen LogP contribution in [0.25, 0.3) is 199 Å². The highest BCUT2D eigenvalue weighted by Gasteiger charge is 2.20. The van der Waals surface area contributed by atoms with E-state index in [0.29, 0.717) is 34.2 Å². The van der Waals surface area contributed by atoms with Crippen molar-refractivity contribution in [1.82, 2.24) is 124 Å². The van der Waals surface area contributed by atoms with Crippen LogP contribution in [0, 0.1) is 73.8 Å². The van der Waals surface area contributed by atoms with Gasteiger partial charge >= 0.3 is 0 Å². The summed E-state index contributed by atoms with van der Waals surface area (Å²) in [5.41, 5.74) is 22.9. The molecule has 0 unspecified atom stereocenters. The number of nitrogens with one attached hydrogen (secondary N) is 6. The second kappa shape index (κ2) is 37.6. The molecule has 22 heterocycles. The second-order valence-corrected chi connectivity index (χ2v) is 32.0. The van der Waals surface area contributed by atoms with Crippen LogP contribution in [-0.4, -0.2) is 171 Å². The molecule has 0 saturated carbocycles. The molecule has 664 valence electrons. The van der Waals surface area contributed by atoms with E-state index in [0.717, 1.165) is 250 Å². The van der Waals surface area contributed by atoms with Crippen molar-refractivity contribution < 1.29 is 18.6 Å². The second-order valence-electron chi connectivity index (χ2n) is 32.0. The number of ether oxygens (including phenoxy) is 3. The van der Waals surface area contributed by atoms with E-state index in [2.05, 4.69) is 171 Å². The number of pyridine rings is 12. The summed E-state index contributed by atoms with van der Waals surface area (Å²) >= 11 is 0. The van der Waals surface area contributed by atoms with Crippen LogP contribution in [0.3, 0.4) is 0 Å². The molecule has 1 aliphatic rings. The first-order chi connectivity index (χ1) is 67.6. The number of benzene rings is 3. The van der Waals surface area contributed by atoms with Crippen LogP contribution in [0.4, 0.5) is 4.39 Å². The van der Waals surface area contributed by atoms with Gasteiger partial charge in [0.15, 0.2) is 0 Å². The molecule has 0 amide bonds. The first-order valence-electron chi connectivity index (χ1n) is 43.0. The van der Waals surface area contributed by atoms with Gasteiger partial charge in [0.05, 0.1) is 117 Å². The lowest BCUT2D eigenvalue weighted by Gasteiger charge is -2.26. The fraction of sp³-hybridized carbons (Fsp3) is 0.0971. The summed E-state index contributed by atoms with van der Waals surface area (Å²) in [5, 5.41) is 74.3. The first kappa shape index (κ1) is 86.3. The SMILES string of the molecule is COc1ccc(-c2cnc3[nH]c4cnc(C#N)cc4c3c2)cc1.COc1ccccc1-c1cnc2[nH]c3cnc(C#N)cc3c2c1.Cn1cc(-c2cnc3[nH]c4cnc(C#N)cc4c3c2)cn1.Cn1ccnc1-c1cnc2[nH]c3cnc(C#N)cc3c2c1.N#Cc1cc2c(cn1)[nH]c1ncc(-c3ccc(F)cc3)cc12.N#Cc1cc2c(cn1)[nH]c1ncc(-c3cnn(CCN4CCOCC4)c3)cc12. The molecule has 1 saturated heterocycles. The normalized spacial score (nSPS) is 11.8. The zero-order valence-corrected chi connectivity index (χ0v) is 73.8. The molecule has 138 heavy (non-hydrogen) atoms. The van der Waals surface area contributed by atoms with Crippen LogP contribution >= 0.6 is 0 Å². The van der Waals surface area contributed by atoms with Gasteiger partial charge in [0.1, 0.15) is 128 Å². The van der Waals surface area contributed by atoms with Gasteiger partial charge in [-0.05, 0) is 114 Å². The topological polar surface area (TPSA) is 477 Å². The Morgan fingerprint density at radius 1 is 0.341 bits per heavy atom. The van der Waals surface area contributed by atoms with E-state index in [1.165, 1.54) is 12.1 Å². The number of H-pyrrole nitrogens is 6. The molecule has 0 spiro atoms. The lowest BCUT2D eigenvalue weighted by molar-refractivity contribution is 0.0360. The molecule has 6 N–H and O–H groups in total. The number of imidazole rings is 1. The van der Waals surface area contributed by atoms with Gasteiger partial charge in [0.2, 0.25) is 0 Å². The van der Waals surface area contributed by atoms with Crippen LogP contribution in [0.1, 0.15) is 34.2 Å². The minimum absolute atomic E-state index is 0.269. The maximum absolute atomic E-state index is 13.0. The van der Waals surface area contributed by atoms with Crippen LogP contribution < -0.4 is 9.47 Å². The molecule has 35 heteroatoms. The van der Waals surface area contributed by atoms with Gasteiger partial charge < -0.3 is 48.7 Å². The van der Waals surface area contributed by atoms with E-state index in [4.69, 9.17) is 45.8 Å². The molecular weight excluding hydrogens is 1740 g/mol. The summed E-state index contributed by atoms with van der Waals surface area (Å²) in [6.07, 6.45) is 32.1. The average Bonchev–Trinajstić information content (AvgIpc) is 1.74. The van der Waals surface area contributed by atoms with E-state index in [1.54, 1.807) is 129 Å². The van der Waals surface area contributed by atoms with Gasteiger partial charge in [0.25, 0.3) is 0 Å². The van der Waals surface area contributed by atoms with Crippen molar-refractivity contribution in [2.45, 2.75) is 6.54 Å². The molecule has 1 aliphatic heterocycles. The van der Waals surface area contributed by atoms with E-state index in [9.17, 15) is 4.39 Å². The Kier molecular flexibility index (Phi) is 23.5. The predicted molar refractivity (Wildman–Crippen MR) is 519 cm³/mol. The van der Waals surface area contributed by atoms with Crippen molar-refractivity contribution >= 4 is 132 Å². The number of halogens is 1. The monoisotopic (exact) mass is 1810 g/mol. The zero-order valence-electron chi connectivity index (χ0n) is 73.8. The van der Waals surface area contributed by atoms with Gasteiger partial charge in [-0.25, -0.2) is 69.2 Å². The van der Waals surface area contributed by atoms with Gasteiger partial charge in [-0.3, -0.25) is 14.3 Å². The maximum atomic E-state index is 13.0. The third-order valence-corrected chi connectivity index (χ3v) is 23.5. The summed E-state index contributed by atoms with van der Waals surface area (Å²) in [7, 11) is 7.13. The van der Waals surface area contributed by atoms with Crippen molar-refractivity contribution in [3.05, 3.63) is 297 Å². The Labute approximate surface area is 780 Å². The highest BCUT2D eigenvalue weighted by Crippen LogP contribution is 2.38. The Balaban J connectivity index is 0.000000102. The number of aromatic amines is 6. The van der Waals surface area contributed by atoms with Gasteiger partial charge in [-0.15, -0.1) is 0 Å². The summed E-state index contributed by atoms with van der Waals surface area (Å²) < 4.78 is 34.7. The minimum Gasteiger partial charge on any atom is -0.497 e. The third kappa shape index (κ3) is 17.6. The summed E-state index contributed by atoms with van der Waals surface area (Å²) in [6.45, 7) is 5.39. The maximum Gasteiger partial charge on any atom is 0.141 e. The smallest absolute Gasteiger partial charge is 0.141 e. The molecular formula is C103H72FN31O3. The Morgan fingerprint density at radius 2 is 0.688 bits per heavy atom. The molecule has 25 rings (SSSR count). The summed E-state index contributed by atoms with van der Waals surface area (Å²) in [5.74, 6) is 2.20. The number of nitriles is 6. The van der Waals surface area contributed by atoms with Crippen molar-refractivity contribution in [3.63, 3.8) is 0 Å². The number of hydrogen-bond donors (Lipinski definition) is 6. The number of methoxy groups -OCH3 is 2. The van der Waals surface area contributed by atoms with E-state index < -0.39 is 0 Å². The molecule has 0 atom stereocenters. The van der Waals surface area contributed by atoms with Crippen molar-refractivity contribution in [3.8, 4) is 115 Å². The van der Waals surface area contributed by atoms with E-state index >= 15 is 0 Å². The fourth-order valence-corrected chi connectivity index (χ4v) is 16.5. The number of rotatable bonds is 11. The standard InChI is InChI=1S/C20H19N7O.2C18H12N4O.C17H9FN4.2C15H10N6/c21-9-16-8-17-18-7-14(10-23-20(18)25-19(17)12-22-16)15-11-24-27(13-15)2-1-26-3-5-28-6-4-26;1-23-14-4-2-11(3-5-14)12-6-16-15-7-13(8-19)20-10-17(15)22-18(16)21-9-12;1-23-17-5-3-2-4-13(17)11-6-15-14-7-12(8-19)20-10-16(14)22-18(15)21-9-11;18-12-3-1-10(2-4-12)11-5-15-14-6-13(7-19)20-9-16(14)22-17(15)21-8-11;1-21-8-10(6-19-21)9-2-13-12-3-11(4-16)17-7-14(12)20-15(13)18-5-9;1-21-3-2-17-15(21)9-4-12-11-5-10(6-16)18-8-13(11)20-14(12)19-7-9/h7-8,10-13H,1-6H2,(H,23,25);2*2-7,9-10H,1H3,(H,21,22);1-6,8-9H,(H,21,22);2-3,5-8H,1H3,(H,18,20);2-5,7-8H,1H3,(H,19,20). The largest absolute Gasteiger partial charge is 0.497 e. The van der Waals surface area contributed by atoms with E-state index in [-0.39, 0.29) is 5.82 Å². The van der Waals surface area contributed by atoms with Crippen molar-refractivity contribution in [1.29, 1.82) is 31.6 Å². The Bertz CT molecular complexity index is 9110. The van der Waals surface area contributed by atoms with Gasteiger partial charge in [-0.2, -0.15) is 41.8 Å². The number of fused-ring (bicyclic) bond motifs is 18. The highest BCUT2D eigenvalue weighted by atomic mass is 19.1. The minimum atomic E-state index is -0.269. The summed E-state index contributed by atoms with van der Waals surface area (Å²) in [6, 6.07) is 57.3. The lowest BCUT2D eigenvalue weighted by Crippen LogP contribution is -2.38. The number of nitrogens with zero attached hydrogens (tertiary/aromatic N) is 25. The fourth-order valence-electron chi connectivity index (χ4n) is 16.5. The Hall–Kier alpha value is -19.7. The predicted octanol–water partition coefficient (Wildman–Crippen LogP) is 18.1. The molecule has 0 bridgehead atoms. The van der Waals surface area contributed by atoms with Crippen LogP contribution in [0.15, 0.2) is 257 Å². The number of para-hydroxylation sites is 1. The molecule has 24 aromatic rings. The van der Waals surface area contributed by atoms with Crippen molar-refractivity contribution in [2.24, 2.45) is 14.1 Å². The third-order valence-electron chi connectivity index (χ3n) is 23.5. The van der Waals surface area contributed by atoms with E-state index in [1.807, 2.05) is 133 Å². The molecule has 21 aromatic heterocycles. The first-order valence-corrected chi connectivity index (χ1v) is 43.0. The number of morpholine rings is 1.